The molecule has 1 aromatic carbocycles. The van der Waals surface area contributed by atoms with E-state index in [1.165, 1.54) is 16.4 Å². The van der Waals surface area contributed by atoms with Crippen molar-refractivity contribution in [2.24, 2.45) is 0 Å². The molecule has 0 saturated heterocycles. The van der Waals surface area contributed by atoms with Crippen LogP contribution >= 0.6 is 12.3 Å². The number of carbonyl (C=O) groups is 1. The number of aromatic nitrogens is 3. The first-order chi connectivity index (χ1) is 16.0. The number of hydrogen-bond acceptors (Lipinski definition) is 5. The number of rotatable bonds is 12. The van der Waals surface area contributed by atoms with Gasteiger partial charge in [0, 0.05) is 24.6 Å². The second-order valence-electron chi connectivity index (χ2n) is 7.62. The topological polar surface area (TPSA) is 60.9 Å². The molecule has 7 heteroatoms. The molecular weight excluding hydrogens is 437 g/mol. The van der Waals surface area contributed by atoms with Gasteiger partial charge in [-0.15, -0.1) is 3.89 Å². The van der Waals surface area contributed by atoms with Crippen molar-refractivity contribution in [2.75, 3.05) is 0 Å². The predicted octanol–water partition coefficient (Wildman–Crippen LogP) is 7.22. The number of aryl methyl sites for hydroxylation is 2. The highest BCUT2D eigenvalue weighted by Gasteiger charge is 2.14. The van der Waals surface area contributed by atoms with Gasteiger partial charge in [0.2, 0.25) is 5.78 Å². The van der Waals surface area contributed by atoms with Gasteiger partial charge in [0.25, 0.3) is 5.89 Å². The van der Waals surface area contributed by atoms with Crippen LogP contribution in [-0.2, 0) is 6.42 Å². The van der Waals surface area contributed by atoms with E-state index < -0.39 is 0 Å². The average Bonchev–Trinajstić information content (AvgIpc) is 3.50. The Morgan fingerprint density at radius 2 is 2.06 bits per heavy atom. The zero-order chi connectivity index (χ0) is 23.6. The molecule has 33 heavy (non-hydrogen) atoms. The second-order valence-corrected chi connectivity index (χ2v) is 8.15. The monoisotopic (exact) mass is 465 g/mol. The summed E-state index contributed by atoms with van der Waals surface area (Å²) in [5.41, 5.74) is 4.83. The van der Waals surface area contributed by atoms with Crippen molar-refractivity contribution in [1.82, 2.24) is 13.9 Å². The third-order valence-corrected chi connectivity index (χ3v) is 5.76. The van der Waals surface area contributed by atoms with Gasteiger partial charge in [0.1, 0.15) is 12.1 Å². The summed E-state index contributed by atoms with van der Waals surface area (Å²) in [6.07, 6.45) is 13.6. The van der Waals surface area contributed by atoms with Crippen LogP contribution in [0.4, 0.5) is 3.89 Å². The number of Topliss-reactive ketones (excluding diaryl/α,β-unsaturated/α-hetero) is 1. The van der Waals surface area contributed by atoms with Gasteiger partial charge >= 0.3 is 0 Å². The number of hydrogen-bond donors (Lipinski definition) is 0. The fraction of sp³-hybridized carbons (Fsp3) is 0.269. The fourth-order valence-corrected chi connectivity index (χ4v) is 3.69. The van der Waals surface area contributed by atoms with Crippen molar-refractivity contribution < 1.29 is 13.1 Å². The lowest BCUT2D eigenvalue weighted by molar-refractivity contribution is 0.0950. The summed E-state index contributed by atoms with van der Waals surface area (Å²) in [6, 6.07) is 8.12. The molecule has 0 atom stereocenters. The SMILES string of the molecule is C=C(CC)/C(=C\c1ccccc1C)c1cn(SF)c(CC/C=C/CCC(=O)c2ncco2)n1. The minimum absolute atomic E-state index is 0.122. The molecule has 0 unspecified atom stereocenters. The summed E-state index contributed by atoms with van der Waals surface area (Å²) in [6.45, 7) is 8.31. The highest BCUT2D eigenvalue weighted by molar-refractivity contribution is 7.92. The van der Waals surface area contributed by atoms with E-state index in [2.05, 4.69) is 36.7 Å². The molecular formula is C26H28FN3O2S. The molecule has 0 aliphatic carbocycles. The number of imidazole rings is 1. The number of carbonyl (C=O) groups excluding carboxylic acids is 1. The first-order valence-electron chi connectivity index (χ1n) is 10.9. The Morgan fingerprint density at radius 1 is 1.27 bits per heavy atom. The van der Waals surface area contributed by atoms with E-state index in [0.29, 0.717) is 37.2 Å². The fourth-order valence-electron chi connectivity index (χ4n) is 3.34. The Morgan fingerprint density at radius 3 is 2.76 bits per heavy atom. The van der Waals surface area contributed by atoms with E-state index >= 15 is 0 Å². The Kier molecular flexibility index (Phi) is 9.01. The van der Waals surface area contributed by atoms with Gasteiger partial charge in [-0.1, -0.05) is 49.9 Å². The second kappa shape index (κ2) is 12.2. The highest BCUT2D eigenvalue weighted by Crippen LogP contribution is 2.29. The number of nitrogens with zero attached hydrogens (tertiary/aromatic N) is 3. The molecule has 0 bridgehead atoms. The van der Waals surface area contributed by atoms with E-state index in [-0.39, 0.29) is 24.0 Å². The molecule has 0 aliphatic rings. The van der Waals surface area contributed by atoms with Gasteiger partial charge in [-0.3, -0.25) is 4.79 Å². The summed E-state index contributed by atoms with van der Waals surface area (Å²) < 4.78 is 20.1. The van der Waals surface area contributed by atoms with Crippen LogP contribution in [0.15, 0.2) is 71.6 Å². The largest absolute Gasteiger partial charge is 0.442 e. The average molecular weight is 466 g/mol. The minimum atomic E-state index is -0.122. The molecule has 3 aromatic rings. The van der Waals surface area contributed by atoms with Gasteiger partial charge in [0.15, 0.2) is 12.3 Å². The number of oxazole rings is 1. The quantitative estimate of drug-likeness (QED) is 0.161. The van der Waals surface area contributed by atoms with Crippen molar-refractivity contribution in [3.05, 3.63) is 95.8 Å². The van der Waals surface area contributed by atoms with Crippen molar-refractivity contribution >= 4 is 29.8 Å². The smallest absolute Gasteiger partial charge is 0.263 e. The van der Waals surface area contributed by atoms with Gasteiger partial charge in [-0.05, 0) is 49.0 Å². The standard InChI is InChI=1S/C26H28FN3O2S/c1-4-19(2)22(17-21-12-10-9-11-20(21)3)23-18-30(33-27)25(29-23)14-8-6-5-7-13-24(31)26-28-15-16-32-26/h5-6,9-12,15-18H,2,4,7-8,13-14H2,1,3H3/b6-5+,22-17+. The Bertz CT molecular complexity index is 1150. The molecule has 2 aromatic heterocycles. The number of halogens is 1. The predicted molar refractivity (Wildman–Crippen MR) is 132 cm³/mol. The van der Waals surface area contributed by atoms with Crippen molar-refractivity contribution in [3.8, 4) is 0 Å². The summed E-state index contributed by atoms with van der Waals surface area (Å²) in [5, 5.41) is 0. The zero-order valence-electron chi connectivity index (χ0n) is 19.0. The number of ketones is 1. The van der Waals surface area contributed by atoms with E-state index in [1.54, 1.807) is 6.20 Å². The van der Waals surface area contributed by atoms with E-state index in [0.717, 1.165) is 28.7 Å². The van der Waals surface area contributed by atoms with Gasteiger partial charge in [-0.2, -0.15) is 0 Å². The Balaban J connectivity index is 1.67. The van der Waals surface area contributed by atoms with Crippen molar-refractivity contribution in [2.45, 2.75) is 46.0 Å². The molecule has 2 heterocycles. The molecule has 0 radical (unpaired) electrons. The Labute approximate surface area is 198 Å². The maximum absolute atomic E-state index is 13.6. The van der Waals surface area contributed by atoms with Crippen LogP contribution in [0.5, 0.6) is 0 Å². The molecule has 5 nitrogen and oxygen atoms in total. The summed E-state index contributed by atoms with van der Waals surface area (Å²) in [7, 11) is 0. The zero-order valence-corrected chi connectivity index (χ0v) is 19.8. The molecule has 0 N–H and O–H groups in total. The number of allylic oxidation sites excluding steroid dienone is 4. The molecule has 172 valence electrons. The first kappa shape index (κ1) is 24.5. The maximum atomic E-state index is 13.6. The molecule has 0 aliphatic heterocycles. The van der Waals surface area contributed by atoms with Gasteiger partial charge in [0.05, 0.1) is 11.9 Å². The maximum Gasteiger partial charge on any atom is 0.263 e. The highest BCUT2D eigenvalue weighted by atomic mass is 32.2. The lowest BCUT2D eigenvalue weighted by atomic mass is 9.98. The lowest BCUT2D eigenvalue weighted by Crippen LogP contribution is -1.98. The van der Waals surface area contributed by atoms with Crippen LogP contribution in [-0.4, -0.2) is 19.7 Å². The van der Waals surface area contributed by atoms with E-state index in [9.17, 15) is 8.68 Å². The summed E-state index contributed by atoms with van der Waals surface area (Å²) >= 11 is 0.144. The van der Waals surface area contributed by atoms with Crippen LogP contribution in [0, 0.1) is 6.92 Å². The lowest BCUT2D eigenvalue weighted by Gasteiger charge is -2.08. The van der Waals surface area contributed by atoms with Crippen LogP contribution in [0.3, 0.4) is 0 Å². The van der Waals surface area contributed by atoms with E-state index in [4.69, 9.17) is 9.40 Å². The minimum Gasteiger partial charge on any atom is -0.442 e. The summed E-state index contributed by atoms with van der Waals surface area (Å²) in [5.74, 6) is 0.668. The van der Waals surface area contributed by atoms with Crippen LogP contribution in [0.2, 0.25) is 0 Å². The third-order valence-electron chi connectivity index (χ3n) is 5.30. The molecule has 3 rings (SSSR count). The summed E-state index contributed by atoms with van der Waals surface area (Å²) in [4.78, 5) is 20.5. The molecule has 0 fully saturated rings. The van der Waals surface area contributed by atoms with E-state index in [1.807, 2.05) is 31.2 Å². The Hall–Kier alpha value is -3.19. The normalized spacial score (nSPS) is 11.9. The van der Waals surface area contributed by atoms with Crippen LogP contribution < -0.4 is 0 Å². The molecule has 0 saturated carbocycles. The van der Waals surface area contributed by atoms with Crippen LogP contribution in [0.1, 0.15) is 65.9 Å². The molecule has 0 amide bonds. The van der Waals surface area contributed by atoms with Gasteiger partial charge < -0.3 is 4.42 Å². The van der Waals surface area contributed by atoms with Gasteiger partial charge in [-0.25, -0.2) is 13.9 Å². The third kappa shape index (κ3) is 6.65. The van der Waals surface area contributed by atoms with Crippen molar-refractivity contribution in [1.29, 1.82) is 0 Å². The van der Waals surface area contributed by atoms with Crippen LogP contribution in [0.25, 0.3) is 11.6 Å². The molecule has 0 spiro atoms. The first-order valence-corrected chi connectivity index (χ1v) is 11.6. The number of benzene rings is 1. The van der Waals surface area contributed by atoms with Crippen molar-refractivity contribution in [3.63, 3.8) is 0 Å².